The van der Waals surface area contributed by atoms with E-state index < -0.39 is 0 Å². The van der Waals surface area contributed by atoms with Crippen molar-refractivity contribution < 1.29 is 20.1 Å². The molecule has 3 N–H and O–H groups in total. The lowest BCUT2D eigenvalue weighted by Gasteiger charge is -2.29. The molecular weight excluding hydrogens is 414 g/mol. The van der Waals surface area contributed by atoms with Gasteiger partial charge in [-0.25, -0.2) is 0 Å². The fourth-order valence-electron chi connectivity index (χ4n) is 3.80. The fraction of sp³-hybridized carbons (Fsp3) is 0.143. The number of aryl methyl sites for hydroxylation is 1. The van der Waals surface area contributed by atoms with E-state index >= 15 is 0 Å². The van der Waals surface area contributed by atoms with Gasteiger partial charge >= 0.3 is 0 Å². The van der Waals surface area contributed by atoms with E-state index in [9.17, 15) is 15.3 Å². The molecule has 0 spiro atoms. The average molecular weight is 442 g/mol. The minimum atomic E-state index is 0.0922. The van der Waals surface area contributed by atoms with Crippen molar-refractivity contribution >= 4 is 17.1 Å². The van der Waals surface area contributed by atoms with Crippen molar-refractivity contribution in [2.75, 3.05) is 4.90 Å². The van der Waals surface area contributed by atoms with Crippen LogP contribution in [0.1, 0.15) is 22.3 Å². The van der Waals surface area contributed by atoms with Crippen molar-refractivity contribution in [3.8, 4) is 28.7 Å². The van der Waals surface area contributed by atoms with Crippen LogP contribution in [-0.4, -0.2) is 15.3 Å². The quantitative estimate of drug-likeness (QED) is 0.303. The van der Waals surface area contributed by atoms with Crippen LogP contribution in [-0.2, 0) is 0 Å². The first-order chi connectivity index (χ1) is 15.8. The number of anilines is 3. The molecule has 33 heavy (non-hydrogen) atoms. The lowest BCUT2D eigenvalue weighted by Crippen LogP contribution is -2.12. The first-order valence-electron chi connectivity index (χ1n) is 10.7. The third-order valence-corrected chi connectivity index (χ3v) is 6.01. The Balaban J connectivity index is 1.78. The molecule has 5 nitrogen and oxygen atoms in total. The summed E-state index contributed by atoms with van der Waals surface area (Å²) in [6.45, 7) is 7.60. The summed E-state index contributed by atoms with van der Waals surface area (Å²) < 4.78 is 6.00. The van der Waals surface area contributed by atoms with Crippen LogP contribution in [0.2, 0.25) is 0 Å². The second kappa shape index (κ2) is 8.79. The summed E-state index contributed by atoms with van der Waals surface area (Å²) in [5, 5.41) is 30.9. The van der Waals surface area contributed by atoms with Gasteiger partial charge in [-0.1, -0.05) is 18.2 Å². The van der Waals surface area contributed by atoms with Gasteiger partial charge in [0.05, 0.1) is 11.4 Å². The Morgan fingerprint density at radius 2 is 1.12 bits per heavy atom. The van der Waals surface area contributed by atoms with E-state index in [1.165, 1.54) is 0 Å². The van der Waals surface area contributed by atoms with Gasteiger partial charge in [-0.3, -0.25) is 0 Å². The SMILES string of the molecule is Cc1ccc(O)c(Oc2ccc(N(c3cccc(O)c3C)c3cccc(O)c3C)cc2)c1C. The van der Waals surface area contributed by atoms with E-state index in [1.807, 2.05) is 75.1 Å². The van der Waals surface area contributed by atoms with Gasteiger partial charge in [-0.05, 0) is 93.4 Å². The van der Waals surface area contributed by atoms with Crippen LogP contribution in [0.15, 0.2) is 72.8 Å². The molecule has 0 bridgehead atoms. The highest BCUT2D eigenvalue weighted by molar-refractivity contribution is 5.82. The van der Waals surface area contributed by atoms with E-state index in [2.05, 4.69) is 0 Å². The zero-order chi connectivity index (χ0) is 23.7. The molecule has 4 aromatic carbocycles. The zero-order valence-corrected chi connectivity index (χ0v) is 19.1. The molecule has 0 aromatic heterocycles. The Morgan fingerprint density at radius 1 is 0.576 bits per heavy atom. The number of phenols is 3. The van der Waals surface area contributed by atoms with Crippen molar-refractivity contribution in [1.82, 2.24) is 0 Å². The lowest BCUT2D eigenvalue weighted by atomic mass is 10.1. The van der Waals surface area contributed by atoms with Gasteiger partial charge in [0.2, 0.25) is 0 Å². The number of nitrogens with zero attached hydrogens (tertiary/aromatic N) is 1. The van der Waals surface area contributed by atoms with Crippen LogP contribution in [0.3, 0.4) is 0 Å². The molecule has 0 saturated carbocycles. The third kappa shape index (κ3) is 4.17. The average Bonchev–Trinajstić information content (AvgIpc) is 2.80. The van der Waals surface area contributed by atoms with Crippen molar-refractivity contribution in [3.63, 3.8) is 0 Å². The standard InChI is InChI=1S/C28H27NO4/c1-17-11-16-27(32)28(18(17)2)33-22-14-12-21(13-15-22)29(23-7-5-9-25(30)19(23)3)24-8-6-10-26(31)20(24)4/h5-16,30-32H,1-4H3. The molecule has 0 aliphatic carbocycles. The molecule has 0 amide bonds. The van der Waals surface area contributed by atoms with Crippen molar-refractivity contribution in [2.24, 2.45) is 0 Å². The number of aromatic hydroxyl groups is 3. The van der Waals surface area contributed by atoms with Crippen LogP contribution in [0.5, 0.6) is 28.7 Å². The van der Waals surface area contributed by atoms with Crippen LogP contribution >= 0.6 is 0 Å². The van der Waals surface area contributed by atoms with Gasteiger partial charge in [-0.15, -0.1) is 0 Å². The predicted octanol–water partition coefficient (Wildman–Crippen LogP) is 7.30. The highest BCUT2D eigenvalue weighted by Gasteiger charge is 2.19. The lowest BCUT2D eigenvalue weighted by molar-refractivity contribution is 0.408. The van der Waals surface area contributed by atoms with Gasteiger partial charge in [-0.2, -0.15) is 0 Å². The van der Waals surface area contributed by atoms with E-state index in [0.29, 0.717) is 11.5 Å². The summed E-state index contributed by atoms with van der Waals surface area (Å²) in [5.41, 5.74) is 5.78. The van der Waals surface area contributed by atoms with Gasteiger partial charge in [0, 0.05) is 16.8 Å². The maximum Gasteiger partial charge on any atom is 0.172 e. The molecule has 4 aromatic rings. The monoisotopic (exact) mass is 441 g/mol. The molecule has 0 fully saturated rings. The molecule has 0 aliphatic heterocycles. The van der Waals surface area contributed by atoms with Crippen LogP contribution < -0.4 is 9.64 Å². The molecule has 0 aliphatic rings. The Kier molecular flexibility index (Phi) is 5.88. The second-order valence-electron chi connectivity index (χ2n) is 8.13. The van der Waals surface area contributed by atoms with Gasteiger partial charge in [0.25, 0.3) is 0 Å². The maximum atomic E-state index is 10.3. The van der Waals surface area contributed by atoms with Crippen molar-refractivity contribution in [3.05, 3.63) is 95.1 Å². The minimum Gasteiger partial charge on any atom is -0.508 e. The van der Waals surface area contributed by atoms with Crippen molar-refractivity contribution in [2.45, 2.75) is 27.7 Å². The number of hydrogen-bond donors (Lipinski definition) is 3. The van der Waals surface area contributed by atoms with Gasteiger partial charge < -0.3 is 25.0 Å². The maximum absolute atomic E-state index is 10.3. The molecule has 0 radical (unpaired) electrons. The molecule has 168 valence electrons. The summed E-state index contributed by atoms with van der Waals surface area (Å²) in [6.07, 6.45) is 0. The number of rotatable bonds is 5. The van der Waals surface area contributed by atoms with E-state index in [1.54, 1.807) is 30.3 Å². The molecule has 4 rings (SSSR count). The summed E-state index contributed by atoms with van der Waals surface area (Å²) in [4.78, 5) is 1.99. The largest absolute Gasteiger partial charge is 0.508 e. The molecule has 0 unspecified atom stereocenters. The number of ether oxygens (including phenoxy) is 1. The fourth-order valence-corrected chi connectivity index (χ4v) is 3.80. The zero-order valence-electron chi connectivity index (χ0n) is 19.1. The Bertz CT molecular complexity index is 1260. The molecule has 5 heteroatoms. The first kappa shape index (κ1) is 22.1. The van der Waals surface area contributed by atoms with E-state index in [4.69, 9.17) is 4.74 Å². The molecule has 0 atom stereocenters. The predicted molar refractivity (Wildman–Crippen MR) is 132 cm³/mol. The third-order valence-electron chi connectivity index (χ3n) is 6.01. The van der Waals surface area contributed by atoms with Crippen LogP contribution in [0, 0.1) is 27.7 Å². The molecule has 0 saturated heterocycles. The Hall–Kier alpha value is -4.12. The number of hydrogen-bond acceptors (Lipinski definition) is 5. The Labute approximate surface area is 193 Å². The van der Waals surface area contributed by atoms with E-state index in [0.717, 1.165) is 39.3 Å². The van der Waals surface area contributed by atoms with Gasteiger partial charge in [0.15, 0.2) is 11.5 Å². The summed E-state index contributed by atoms with van der Waals surface area (Å²) in [6, 6.07) is 21.7. The smallest absolute Gasteiger partial charge is 0.172 e. The first-order valence-corrected chi connectivity index (χ1v) is 10.7. The summed E-state index contributed by atoms with van der Waals surface area (Å²) in [5.74, 6) is 1.51. The summed E-state index contributed by atoms with van der Waals surface area (Å²) in [7, 11) is 0. The summed E-state index contributed by atoms with van der Waals surface area (Å²) >= 11 is 0. The highest BCUT2D eigenvalue weighted by atomic mass is 16.5. The minimum absolute atomic E-state index is 0.0922. The number of phenolic OH excluding ortho intramolecular Hbond substituents is 3. The molecule has 0 heterocycles. The normalized spacial score (nSPS) is 10.8. The van der Waals surface area contributed by atoms with Crippen LogP contribution in [0.4, 0.5) is 17.1 Å². The van der Waals surface area contributed by atoms with E-state index in [-0.39, 0.29) is 17.2 Å². The highest BCUT2D eigenvalue weighted by Crippen LogP contribution is 2.43. The number of benzene rings is 4. The molecular formula is C28H27NO4. The topological polar surface area (TPSA) is 73.2 Å². The van der Waals surface area contributed by atoms with Crippen molar-refractivity contribution in [1.29, 1.82) is 0 Å². The van der Waals surface area contributed by atoms with Gasteiger partial charge in [0.1, 0.15) is 17.2 Å². The second-order valence-corrected chi connectivity index (χ2v) is 8.13. The van der Waals surface area contributed by atoms with Crippen LogP contribution in [0.25, 0.3) is 0 Å². The Morgan fingerprint density at radius 3 is 1.67 bits per heavy atom.